The topological polar surface area (TPSA) is 87.0 Å². The molecule has 152 valence electrons. The molecule has 0 fully saturated rings. The molecule has 0 aliphatic carbocycles. The van der Waals surface area contributed by atoms with Crippen LogP contribution >= 0.6 is 7.60 Å². The summed E-state index contributed by atoms with van der Waals surface area (Å²) in [4.78, 5) is 12.5. The van der Waals surface area contributed by atoms with Gasteiger partial charge in [-0.1, -0.05) is 6.07 Å². The molecule has 28 heavy (non-hydrogen) atoms. The highest BCUT2D eigenvalue weighted by Gasteiger charge is 2.45. The van der Waals surface area contributed by atoms with E-state index in [-0.39, 0.29) is 18.8 Å². The number of nitrogens with zero attached hydrogens (tertiary/aromatic N) is 1. The predicted molar refractivity (Wildman–Crippen MR) is 106 cm³/mol. The molecule has 0 amide bonds. The summed E-state index contributed by atoms with van der Waals surface area (Å²) in [6, 6.07) is 9.07. The van der Waals surface area contributed by atoms with Crippen molar-refractivity contribution in [2.24, 2.45) is 0 Å². The molecule has 2 aromatic rings. The van der Waals surface area contributed by atoms with Gasteiger partial charge >= 0.3 is 7.60 Å². The molecule has 0 unspecified atom stereocenters. The van der Waals surface area contributed by atoms with E-state index in [1.807, 2.05) is 0 Å². The highest BCUT2D eigenvalue weighted by molar-refractivity contribution is 7.62. The second-order valence-corrected chi connectivity index (χ2v) is 9.12. The van der Waals surface area contributed by atoms with Gasteiger partial charge in [-0.3, -0.25) is 9.36 Å². The maximum atomic E-state index is 13.2. The Bertz CT molecular complexity index is 944. The van der Waals surface area contributed by atoms with Gasteiger partial charge in [0.15, 0.2) is 0 Å². The van der Waals surface area contributed by atoms with Gasteiger partial charge in [-0.2, -0.15) is 0 Å². The molecule has 1 aliphatic rings. The Kier molecular flexibility index (Phi) is 5.82. The van der Waals surface area contributed by atoms with Crippen LogP contribution in [0.2, 0.25) is 0 Å². The first kappa shape index (κ1) is 20.8. The first-order valence-corrected chi connectivity index (χ1v) is 10.9. The number of fused-ring (bicyclic) bond motifs is 1. The van der Waals surface area contributed by atoms with E-state index in [4.69, 9.17) is 13.8 Å². The fraction of sp³-hybridized carbons (Fsp3) is 0.450. The lowest BCUT2D eigenvalue weighted by Gasteiger charge is -2.42. The quantitative estimate of drug-likeness (QED) is 0.741. The maximum Gasteiger partial charge on any atom is 0.361 e. The SMILES string of the molecule is CCOP(=O)(OCC)c1ccc2c(c1)[C@H](n1ccccc1=O)[C@@H](O)C(C)(C)O2. The van der Waals surface area contributed by atoms with E-state index in [0.29, 0.717) is 16.6 Å². The van der Waals surface area contributed by atoms with Gasteiger partial charge in [0.1, 0.15) is 17.5 Å². The molecule has 0 spiro atoms. The molecule has 0 bridgehead atoms. The summed E-state index contributed by atoms with van der Waals surface area (Å²) in [6.45, 7) is 7.46. The number of aliphatic hydroxyl groups excluding tert-OH is 1. The first-order chi connectivity index (χ1) is 13.2. The van der Waals surface area contributed by atoms with Crippen molar-refractivity contribution >= 4 is 12.9 Å². The fourth-order valence-corrected chi connectivity index (χ4v) is 5.03. The van der Waals surface area contributed by atoms with Crippen LogP contribution in [0.25, 0.3) is 0 Å². The standard InChI is InChI=1S/C20H26NO6P/c1-5-25-28(24,26-6-2)14-10-11-16-15(13-14)18(19(23)20(3,4)27-16)21-12-8-7-9-17(21)22/h7-13,18-19,23H,5-6H2,1-4H3/t18-,19+/m0/s1. The molecule has 3 rings (SSSR count). The van der Waals surface area contributed by atoms with E-state index in [1.54, 1.807) is 64.2 Å². The highest BCUT2D eigenvalue weighted by Crippen LogP contribution is 2.49. The van der Waals surface area contributed by atoms with Crippen LogP contribution in [-0.2, 0) is 13.6 Å². The molecule has 0 saturated heterocycles. The zero-order chi connectivity index (χ0) is 20.5. The van der Waals surface area contributed by atoms with Gasteiger partial charge in [-0.15, -0.1) is 0 Å². The zero-order valence-electron chi connectivity index (χ0n) is 16.5. The minimum atomic E-state index is -3.52. The third kappa shape index (κ3) is 3.67. The fourth-order valence-electron chi connectivity index (χ4n) is 3.42. The van der Waals surface area contributed by atoms with Crippen molar-refractivity contribution in [1.82, 2.24) is 4.57 Å². The lowest BCUT2D eigenvalue weighted by Crippen LogP contribution is -2.52. The minimum absolute atomic E-state index is 0.224. The van der Waals surface area contributed by atoms with Crippen LogP contribution < -0.4 is 15.6 Å². The average Bonchev–Trinajstić information content (AvgIpc) is 2.64. The number of hydrogen-bond acceptors (Lipinski definition) is 6. The number of aliphatic hydroxyl groups is 1. The first-order valence-electron chi connectivity index (χ1n) is 9.31. The van der Waals surface area contributed by atoms with Crippen LogP contribution in [0.15, 0.2) is 47.4 Å². The van der Waals surface area contributed by atoms with Crippen LogP contribution in [0.1, 0.15) is 39.3 Å². The number of aromatic nitrogens is 1. The summed E-state index contributed by atoms with van der Waals surface area (Å²) in [5, 5.41) is 11.4. The molecule has 2 atom stereocenters. The van der Waals surface area contributed by atoms with Crippen molar-refractivity contribution < 1.29 is 23.5 Å². The van der Waals surface area contributed by atoms with Crippen LogP contribution in [0, 0.1) is 0 Å². The molecular formula is C20H26NO6P. The van der Waals surface area contributed by atoms with E-state index in [9.17, 15) is 14.5 Å². The van der Waals surface area contributed by atoms with Gasteiger partial charge in [0.2, 0.25) is 0 Å². The minimum Gasteiger partial charge on any atom is -0.485 e. The van der Waals surface area contributed by atoms with Crippen molar-refractivity contribution in [3.8, 4) is 5.75 Å². The Balaban J connectivity index is 2.20. The summed E-state index contributed by atoms with van der Waals surface area (Å²) in [7, 11) is -3.52. The second kappa shape index (κ2) is 7.84. The monoisotopic (exact) mass is 407 g/mol. The molecule has 1 aliphatic heterocycles. The normalized spacial score (nSPS) is 21.0. The molecule has 2 heterocycles. The Labute approximate surface area is 164 Å². The largest absolute Gasteiger partial charge is 0.485 e. The van der Waals surface area contributed by atoms with Crippen molar-refractivity contribution in [2.45, 2.75) is 45.4 Å². The molecular weight excluding hydrogens is 381 g/mol. The molecule has 0 radical (unpaired) electrons. The number of ether oxygens (including phenoxy) is 1. The van der Waals surface area contributed by atoms with E-state index >= 15 is 0 Å². The van der Waals surface area contributed by atoms with Crippen molar-refractivity contribution in [1.29, 1.82) is 0 Å². The average molecular weight is 407 g/mol. The Morgan fingerprint density at radius 2 is 1.86 bits per heavy atom. The van der Waals surface area contributed by atoms with Crippen molar-refractivity contribution in [3.63, 3.8) is 0 Å². The Morgan fingerprint density at radius 3 is 2.46 bits per heavy atom. The number of hydrogen-bond donors (Lipinski definition) is 1. The predicted octanol–water partition coefficient (Wildman–Crippen LogP) is 2.86. The van der Waals surface area contributed by atoms with Gasteiger partial charge in [0.25, 0.3) is 5.56 Å². The number of pyridine rings is 1. The lowest BCUT2D eigenvalue weighted by atomic mass is 9.86. The third-order valence-corrected chi connectivity index (χ3v) is 6.87. The van der Waals surface area contributed by atoms with E-state index in [0.717, 1.165) is 0 Å². The summed E-state index contributed by atoms with van der Waals surface area (Å²) in [5.74, 6) is 0.513. The van der Waals surface area contributed by atoms with Crippen LogP contribution in [0.4, 0.5) is 0 Å². The molecule has 1 aromatic heterocycles. The van der Waals surface area contributed by atoms with E-state index < -0.39 is 25.3 Å². The second-order valence-electron chi connectivity index (χ2n) is 7.10. The van der Waals surface area contributed by atoms with Crippen molar-refractivity contribution in [3.05, 3.63) is 58.5 Å². The summed E-state index contributed by atoms with van der Waals surface area (Å²) in [6.07, 6.45) is 0.618. The maximum absolute atomic E-state index is 13.2. The molecule has 0 saturated carbocycles. The zero-order valence-corrected chi connectivity index (χ0v) is 17.4. The lowest BCUT2D eigenvalue weighted by molar-refractivity contribution is -0.0642. The summed E-state index contributed by atoms with van der Waals surface area (Å²) in [5.41, 5.74) is -0.617. The number of rotatable bonds is 6. The molecule has 7 nitrogen and oxygen atoms in total. The van der Waals surface area contributed by atoms with Crippen LogP contribution in [0.5, 0.6) is 5.75 Å². The highest BCUT2D eigenvalue weighted by atomic mass is 31.2. The van der Waals surface area contributed by atoms with Gasteiger partial charge in [-0.25, -0.2) is 0 Å². The Morgan fingerprint density at radius 1 is 1.18 bits per heavy atom. The third-order valence-electron chi connectivity index (χ3n) is 4.76. The van der Waals surface area contributed by atoms with Crippen LogP contribution in [0.3, 0.4) is 0 Å². The van der Waals surface area contributed by atoms with Gasteiger partial charge < -0.3 is 23.5 Å². The van der Waals surface area contributed by atoms with Gasteiger partial charge in [-0.05, 0) is 52.0 Å². The van der Waals surface area contributed by atoms with Crippen LogP contribution in [-0.4, -0.2) is 34.6 Å². The van der Waals surface area contributed by atoms with Crippen molar-refractivity contribution in [2.75, 3.05) is 13.2 Å². The smallest absolute Gasteiger partial charge is 0.361 e. The molecule has 1 aromatic carbocycles. The molecule has 1 N–H and O–H groups in total. The van der Waals surface area contributed by atoms with E-state index in [1.165, 1.54) is 10.6 Å². The Hall–Kier alpha value is -1.92. The summed E-state index contributed by atoms with van der Waals surface area (Å²) >= 11 is 0. The van der Waals surface area contributed by atoms with E-state index in [2.05, 4.69) is 0 Å². The van der Waals surface area contributed by atoms with Gasteiger partial charge in [0, 0.05) is 17.8 Å². The summed E-state index contributed by atoms with van der Waals surface area (Å²) < 4.78 is 31.5. The molecule has 8 heteroatoms. The van der Waals surface area contributed by atoms with Gasteiger partial charge in [0.05, 0.1) is 24.6 Å². The number of benzene rings is 1.